The van der Waals surface area contributed by atoms with E-state index in [4.69, 9.17) is 21.6 Å². The number of fused-ring (bicyclic) bond motifs is 1. The minimum Gasteiger partial charge on any atom is -0.325 e. The van der Waals surface area contributed by atoms with Crippen molar-refractivity contribution in [2.24, 2.45) is 9.98 Å². The highest BCUT2D eigenvalue weighted by Crippen LogP contribution is 2.36. The Bertz CT molecular complexity index is 1240. The molecule has 0 saturated heterocycles. The van der Waals surface area contributed by atoms with Gasteiger partial charge in [0.15, 0.2) is 0 Å². The van der Waals surface area contributed by atoms with Gasteiger partial charge in [0.05, 0.1) is 27.9 Å². The van der Waals surface area contributed by atoms with Crippen molar-refractivity contribution < 1.29 is 4.79 Å². The van der Waals surface area contributed by atoms with Gasteiger partial charge in [-0.05, 0) is 67.3 Å². The first kappa shape index (κ1) is 22.3. The predicted octanol–water partition coefficient (Wildman–Crippen LogP) is 7.19. The quantitative estimate of drug-likeness (QED) is 0.446. The molecule has 0 fully saturated rings. The highest BCUT2D eigenvalue weighted by molar-refractivity contribution is 8.14. The van der Waals surface area contributed by atoms with E-state index in [-0.39, 0.29) is 11.7 Å². The lowest BCUT2D eigenvalue weighted by molar-refractivity contribution is -0.113. The maximum atomic E-state index is 12.6. The molecule has 1 amide bonds. The first-order chi connectivity index (χ1) is 15.4. The van der Waals surface area contributed by atoms with Crippen LogP contribution in [0, 0.1) is 20.8 Å². The number of benzene rings is 3. The zero-order valence-corrected chi connectivity index (χ0v) is 19.8. The van der Waals surface area contributed by atoms with Crippen LogP contribution in [0.3, 0.4) is 0 Å². The summed E-state index contributed by atoms with van der Waals surface area (Å²) in [6.45, 7) is 6.10. The molecule has 0 spiro atoms. The van der Waals surface area contributed by atoms with E-state index < -0.39 is 0 Å². The third kappa shape index (κ3) is 5.29. The number of aryl methyl sites for hydroxylation is 3. The van der Waals surface area contributed by atoms with Crippen molar-refractivity contribution in [3.8, 4) is 0 Å². The number of halogens is 1. The minimum atomic E-state index is -0.0918. The zero-order valence-electron chi connectivity index (χ0n) is 18.3. The van der Waals surface area contributed by atoms with Gasteiger partial charge in [-0.25, -0.2) is 4.99 Å². The van der Waals surface area contributed by atoms with E-state index in [2.05, 4.69) is 43.4 Å². The Morgan fingerprint density at radius 1 is 0.938 bits per heavy atom. The lowest BCUT2D eigenvalue weighted by Gasteiger charge is -2.10. The maximum absolute atomic E-state index is 12.6. The van der Waals surface area contributed by atoms with Gasteiger partial charge in [0.1, 0.15) is 0 Å². The van der Waals surface area contributed by atoms with Crippen molar-refractivity contribution in [2.45, 2.75) is 27.2 Å². The van der Waals surface area contributed by atoms with Crippen molar-refractivity contribution in [1.29, 1.82) is 0 Å². The standard InChI is InChI=1S/C26H24ClN3OS/c1-16-9-10-20(27)13-21(16)29-25(31)15-32-26-14-22(19-7-5-4-6-8-19)28-23-11-17(2)18(3)12-24(23)30-26/h4-13H,14-15H2,1-3H3,(H,29,31). The van der Waals surface area contributed by atoms with Gasteiger partial charge in [-0.1, -0.05) is 48.0 Å². The van der Waals surface area contributed by atoms with E-state index in [1.54, 1.807) is 6.07 Å². The number of rotatable bonds is 4. The molecule has 0 bridgehead atoms. The second kappa shape index (κ2) is 9.72. The molecule has 4 nitrogen and oxygen atoms in total. The minimum absolute atomic E-state index is 0.0918. The molecule has 1 heterocycles. The zero-order chi connectivity index (χ0) is 22.7. The summed E-state index contributed by atoms with van der Waals surface area (Å²) in [5, 5.41) is 4.42. The van der Waals surface area contributed by atoms with Crippen LogP contribution in [0.2, 0.25) is 5.02 Å². The highest BCUT2D eigenvalue weighted by Gasteiger charge is 2.17. The van der Waals surface area contributed by atoms with Crippen LogP contribution in [0.15, 0.2) is 70.6 Å². The molecular formula is C26H24ClN3OS. The van der Waals surface area contributed by atoms with E-state index in [0.717, 1.165) is 38.9 Å². The van der Waals surface area contributed by atoms with Crippen molar-refractivity contribution in [2.75, 3.05) is 11.1 Å². The monoisotopic (exact) mass is 461 g/mol. The fourth-order valence-electron chi connectivity index (χ4n) is 3.41. The van der Waals surface area contributed by atoms with Gasteiger partial charge in [-0.15, -0.1) is 11.8 Å². The summed E-state index contributed by atoms with van der Waals surface area (Å²) in [4.78, 5) is 22.5. The number of thioether (sulfide) groups is 1. The van der Waals surface area contributed by atoms with Gasteiger partial charge < -0.3 is 5.32 Å². The third-order valence-electron chi connectivity index (χ3n) is 5.36. The SMILES string of the molecule is Cc1cc2c(cc1C)N=C(c1ccccc1)CC(SCC(=O)Nc1cc(Cl)ccc1C)=N2. The summed E-state index contributed by atoms with van der Waals surface area (Å²) < 4.78 is 0. The lowest BCUT2D eigenvalue weighted by atomic mass is 10.1. The van der Waals surface area contributed by atoms with Crippen LogP contribution >= 0.6 is 23.4 Å². The van der Waals surface area contributed by atoms with Gasteiger partial charge >= 0.3 is 0 Å². The van der Waals surface area contributed by atoms with Crippen LogP contribution in [0.4, 0.5) is 17.1 Å². The molecule has 3 aromatic carbocycles. The largest absolute Gasteiger partial charge is 0.325 e. The average molecular weight is 462 g/mol. The molecule has 0 aliphatic carbocycles. The summed E-state index contributed by atoms with van der Waals surface area (Å²) >= 11 is 7.52. The van der Waals surface area contributed by atoms with Crippen LogP contribution in [0.1, 0.15) is 28.7 Å². The Morgan fingerprint density at radius 3 is 2.34 bits per heavy atom. The van der Waals surface area contributed by atoms with Crippen LogP contribution in [-0.2, 0) is 4.79 Å². The first-order valence-electron chi connectivity index (χ1n) is 10.4. The number of amides is 1. The summed E-state index contributed by atoms with van der Waals surface area (Å²) in [7, 11) is 0. The Labute approximate surface area is 197 Å². The summed E-state index contributed by atoms with van der Waals surface area (Å²) in [6, 6.07) is 19.8. The molecule has 0 unspecified atom stereocenters. The van der Waals surface area contributed by atoms with Crippen LogP contribution in [-0.4, -0.2) is 22.4 Å². The third-order valence-corrected chi connectivity index (χ3v) is 6.57. The average Bonchev–Trinajstić information content (AvgIpc) is 2.95. The number of nitrogens with zero attached hydrogens (tertiary/aromatic N) is 2. The molecule has 1 aliphatic heterocycles. The lowest BCUT2D eigenvalue weighted by Crippen LogP contribution is -2.17. The number of carbonyl (C=O) groups is 1. The Balaban J connectivity index is 1.58. The molecule has 162 valence electrons. The summed E-state index contributed by atoms with van der Waals surface area (Å²) in [5.74, 6) is 0.165. The van der Waals surface area contributed by atoms with Gasteiger partial charge in [0.25, 0.3) is 0 Å². The van der Waals surface area contributed by atoms with E-state index >= 15 is 0 Å². The Morgan fingerprint density at radius 2 is 1.62 bits per heavy atom. The van der Waals surface area contributed by atoms with Crippen LogP contribution < -0.4 is 5.32 Å². The number of hydrogen-bond donors (Lipinski definition) is 1. The van der Waals surface area contributed by atoms with E-state index in [1.807, 2.05) is 37.3 Å². The predicted molar refractivity (Wildman–Crippen MR) is 138 cm³/mol. The molecule has 1 N–H and O–H groups in total. The molecule has 6 heteroatoms. The molecule has 0 saturated carbocycles. The Hall–Kier alpha value is -2.89. The van der Waals surface area contributed by atoms with Gasteiger partial charge in [0.2, 0.25) is 5.91 Å². The second-order valence-corrected chi connectivity index (χ2v) is 9.31. The summed E-state index contributed by atoms with van der Waals surface area (Å²) in [6.07, 6.45) is 0.574. The number of hydrogen-bond acceptors (Lipinski definition) is 4. The van der Waals surface area contributed by atoms with Crippen molar-refractivity contribution >= 4 is 57.1 Å². The molecule has 0 atom stereocenters. The van der Waals surface area contributed by atoms with Crippen LogP contribution in [0.5, 0.6) is 0 Å². The van der Waals surface area contributed by atoms with Crippen molar-refractivity contribution in [3.05, 3.63) is 87.9 Å². The number of carbonyl (C=O) groups excluding carboxylic acids is 1. The number of anilines is 1. The van der Waals surface area contributed by atoms with Crippen molar-refractivity contribution in [1.82, 2.24) is 0 Å². The highest BCUT2D eigenvalue weighted by atomic mass is 35.5. The fourth-order valence-corrected chi connectivity index (χ4v) is 4.36. The molecule has 32 heavy (non-hydrogen) atoms. The number of nitrogens with one attached hydrogen (secondary N) is 1. The molecule has 1 aliphatic rings. The maximum Gasteiger partial charge on any atom is 0.234 e. The molecule has 0 radical (unpaired) electrons. The van der Waals surface area contributed by atoms with Crippen molar-refractivity contribution in [3.63, 3.8) is 0 Å². The second-order valence-electron chi connectivity index (χ2n) is 7.83. The van der Waals surface area contributed by atoms with E-state index in [0.29, 0.717) is 11.4 Å². The first-order valence-corrected chi connectivity index (χ1v) is 11.8. The smallest absolute Gasteiger partial charge is 0.234 e. The molecule has 4 rings (SSSR count). The van der Waals surface area contributed by atoms with Crippen LogP contribution in [0.25, 0.3) is 0 Å². The topological polar surface area (TPSA) is 53.8 Å². The normalized spacial score (nSPS) is 13.0. The van der Waals surface area contributed by atoms with E-state index in [9.17, 15) is 4.79 Å². The molecular weight excluding hydrogens is 438 g/mol. The number of aliphatic imine (C=N–C) groups is 2. The van der Waals surface area contributed by atoms with Gasteiger partial charge in [-0.2, -0.15) is 0 Å². The van der Waals surface area contributed by atoms with Gasteiger partial charge in [0, 0.05) is 17.1 Å². The van der Waals surface area contributed by atoms with E-state index in [1.165, 1.54) is 22.9 Å². The molecule has 3 aromatic rings. The fraction of sp³-hybridized carbons (Fsp3) is 0.192. The summed E-state index contributed by atoms with van der Waals surface area (Å²) in [5.41, 5.74) is 7.77. The Kier molecular flexibility index (Phi) is 6.77. The molecule has 0 aromatic heterocycles. The van der Waals surface area contributed by atoms with Gasteiger partial charge in [-0.3, -0.25) is 9.79 Å².